The topological polar surface area (TPSA) is 45.5 Å². The average molecular weight is 391 g/mol. The van der Waals surface area contributed by atoms with Crippen LogP contribution in [-0.2, 0) is 0 Å². The van der Waals surface area contributed by atoms with Crippen LogP contribution in [0.5, 0.6) is 0 Å². The van der Waals surface area contributed by atoms with Gasteiger partial charge in [0.1, 0.15) is 5.76 Å². The third kappa shape index (κ3) is 3.27. The molecule has 2 aromatic carbocycles. The summed E-state index contributed by atoms with van der Waals surface area (Å²) in [6.45, 7) is 7.89. The van der Waals surface area contributed by atoms with Crippen molar-refractivity contribution in [2.24, 2.45) is 0 Å². The second-order valence-electron chi connectivity index (χ2n) is 5.91. The van der Waals surface area contributed by atoms with E-state index in [-0.39, 0.29) is 11.5 Å². The molecule has 1 amide bonds. The second kappa shape index (κ2) is 7.60. The smallest absolute Gasteiger partial charge is 0.258 e. The van der Waals surface area contributed by atoms with E-state index in [9.17, 15) is 4.79 Å². The highest BCUT2D eigenvalue weighted by molar-refractivity contribution is 6.40. The lowest BCUT2D eigenvalue weighted by Gasteiger charge is -2.20. The Kier molecular flexibility index (Phi) is 5.44. The summed E-state index contributed by atoms with van der Waals surface area (Å²) < 4.78 is 5.99. The summed E-state index contributed by atoms with van der Waals surface area (Å²) >= 11 is 12.3. The van der Waals surface area contributed by atoms with Gasteiger partial charge in [-0.1, -0.05) is 35.3 Å². The Morgan fingerprint density at radius 2 is 1.69 bits per heavy atom. The minimum atomic E-state index is -0.369. The first-order valence-corrected chi connectivity index (χ1v) is 9.25. The van der Waals surface area contributed by atoms with Crippen molar-refractivity contribution in [1.82, 2.24) is 0 Å². The van der Waals surface area contributed by atoms with Crippen LogP contribution in [0.15, 0.2) is 40.8 Å². The maximum atomic E-state index is 12.7. The molecule has 0 bridgehead atoms. The highest BCUT2D eigenvalue weighted by Crippen LogP contribution is 2.37. The first-order chi connectivity index (χ1) is 12.5. The van der Waals surface area contributed by atoms with Gasteiger partial charge in [0.05, 0.1) is 27.0 Å². The van der Waals surface area contributed by atoms with Crippen LogP contribution in [0.25, 0.3) is 11.0 Å². The third-order valence-electron chi connectivity index (χ3n) is 4.38. The zero-order chi connectivity index (χ0) is 18.8. The molecule has 0 aliphatic carbocycles. The van der Waals surface area contributed by atoms with Crippen molar-refractivity contribution in [3.8, 4) is 0 Å². The fraction of sp³-hybridized carbons (Fsp3) is 0.250. The van der Waals surface area contributed by atoms with Gasteiger partial charge in [-0.15, -0.1) is 0 Å². The molecule has 4 nitrogen and oxygen atoms in total. The lowest BCUT2D eigenvalue weighted by atomic mass is 10.1. The molecule has 0 aliphatic heterocycles. The van der Waals surface area contributed by atoms with E-state index in [4.69, 9.17) is 27.6 Å². The fourth-order valence-electron chi connectivity index (χ4n) is 3.16. The normalized spacial score (nSPS) is 11.0. The molecule has 136 valence electrons. The quantitative estimate of drug-likeness (QED) is 0.568. The molecule has 1 N–H and O–H groups in total. The number of anilines is 2. The summed E-state index contributed by atoms with van der Waals surface area (Å²) in [5.74, 6) is 0.452. The highest BCUT2D eigenvalue weighted by Gasteiger charge is 2.20. The lowest BCUT2D eigenvalue weighted by molar-refractivity contribution is 0.102. The first kappa shape index (κ1) is 18.6. The van der Waals surface area contributed by atoms with Gasteiger partial charge in [0.25, 0.3) is 5.91 Å². The number of hydrogen-bond donors (Lipinski definition) is 1. The predicted molar refractivity (Wildman–Crippen MR) is 109 cm³/mol. The molecule has 3 aromatic rings. The summed E-state index contributed by atoms with van der Waals surface area (Å²) in [4.78, 5) is 14.9. The van der Waals surface area contributed by atoms with Crippen molar-refractivity contribution in [3.63, 3.8) is 0 Å². The van der Waals surface area contributed by atoms with Crippen LogP contribution >= 0.6 is 23.2 Å². The molecule has 0 atom stereocenters. The Morgan fingerprint density at radius 1 is 1.08 bits per heavy atom. The van der Waals surface area contributed by atoms with Gasteiger partial charge < -0.3 is 14.6 Å². The number of para-hydroxylation sites is 1. The van der Waals surface area contributed by atoms with Crippen molar-refractivity contribution in [2.45, 2.75) is 20.8 Å². The molecule has 3 rings (SSSR count). The minimum absolute atomic E-state index is 0.250. The van der Waals surface area contributed by atoms with Gasteiger partial charge in [-0.05, 0) is 45.0 Å². The largest absolute Gasteiger partial charge is 0.457 e. The van der Waals surface area contributed by atoms with E-state index in [0.29, 0.717) is 21.3 Å². The minimum Gasteiger partial charge on any atom is -0.457 e. The molecule has 1 heterocycles. The van der Waals surface area contributed by atoms with Gasteiger partial charge in [-0.2, -0.15) is 0 Å². The standard InChI is InChI=1S/C20H20Cl2N2O2/c1-4-24(5-2)18-12(3)26-19-13(18)8-6-11-16(19)23-20(25)17-14(21)9-7-10-15(17)22/h6-11H,4-5H2,1-3H3,(H,23,25). The van der Waals surface area contributed by atoms with Crippen LogP contribution in [-0.4, -0.2) is 19.0 Å². The molecule has 0 radical (unpaired) electrons. The molecule has 0 saturated carbocycles. The number of nitrogens with zero attached hydrogens (tertiary/aromatic N) is 1. The highest BCUT2D eigenvalue weighted by atomic mass is 35.5. The first-order valence-electron chi connectivity index (χ1n) is 8.50. The zero-order valence-corrected chi connectivity index (χ0v) is 16.4. The van der Waals surface area contributed by atoms with E-state index >= 15 is 0 Å². The predicted octanol–water partition coefficient (Wildman–Crippen LogP) is 6.15. The van der Waals surface area contributed by atoms with Gasteiger partial charge in [0, 0.05) is 18.5 Å². The van der Waals surface area contributed by atoms with E-state index in [1.807, 2.05) is 19.1 Å². The van der Waals surface area contributed by atoms with Crippen LogP contribution in [0, 0.1) is 6.92 Å². The summed E-state index contributed by atoms with van der Waals surface area (Å²) in [7, 11) is 0. The molecule has 0 aliphatic rings. The zero-order valence-electron chi connectivity index (χ0n) is 14.9. The van der Waals surface area contributed by atoms with E-state index in [2.05, 4.69) is 24.1 Å². The molecular weight excluding hydrogens is 371 g/mol. The molecular formula is C20H20Cl2N2O2. The van der Waals surface area contributed by atoms with Gasteiger partial charge in [-0.25, -0.2) is 0 Å². The maximum Gasteiger partial charge on any atom is 0.258 e. The van der Waals surface area contributed by atoms with Crippen LogP contribution in [0.3, 0.4) is 0 Å². The van der Waals surface area contributed by atoms with Crippen LogP contribution in [0.2, 0.25) is 10.0 Å². The number of fused-ring (bicyclic) bond motifs is 1. The van der Waals surface area contributed by atoms with Crippen LogP contribution in [0.1, 0.15) is 30.0 Å². The number of carbonyl (C=O) groups is 1. The van der Waals surface area contributed by atoms with E-state index in [1.54, 1.807) is 24.3 Å². The van der Waals surface area contributed by atoms with Crippen molar-refractivity contribution < 1.29 is 9.21 Å². The summed E-state index contributed by atoms with van der Waals surface area (Å²) in [6, 6.07) is 10.7. The number of nitrogens with one attached hydrogen (secondary N) is 1. The monoisotopic (exact) mass is 390 g/mol. The van der Waals surface area contributed by atoms with E-state index in [1.165, 1.54) is 0 Å². The van der Waals surface area contributed by atoms with Gasteiger partial charge >= 0.3 is 0 Å². The van der Waals surface area contributed by atoms with Gasteiger partial charge in [0.2, 0.25) is 0 Å². The molecule has 0 spiro atoms. The summed E-state index contributed by atoms with van der Waals surface area (Å²) in [6.07, 6.45) is 0. The lowest BCUT2D eigenvalue weighted by Crippen LogP contribution is -2.22. The molecule has 0 fully saturated rings. The molecule has 26 heavy (non-hydrogen) atoms. The number of halogens is 2. The number of amides is 1. The van der Waals surface area contributed by atoms with E-state index in [0.717, 1.165) is 29.9 Å². The fourth-order valence-corrected chi connectivity index (χ4v) is 3.72. The number of hydrogen-bond acceptors (Lipinski definition) is 3. The van der Waals surface area contributed by atoms with Crippen molar-refractivity contribution in [1.29, 1.82) is 0 Å². The van der Waals surface area contributed by atoms with Crippen molar-refractivity contribution in [2.75, 3.05) is 23.3 Å². The number of furan rings is 1. The SMILES string of the molecule is CCN(CC)c1c(C)oc2c(NC(=O)c3c(Cl)cccc3Cl)cccc12. The third-order valence-corrected chi connectivity index (χ3v) is 5.01. The Hall–Kier alpha value is -2.17. The number of aryl methyl sites for hydroxylation is 1. The number of rotatable bonds is 5. The molecule has 0 saturated heterocycles. The van der Waals surface area contributed by atoms with Crippen LogP contribution in [0.4, 0.5) is 11.4 Å². The molecule has 1 aromatic heterocycles. The van der Waals surface area contributed by atoms with Gasteiger partial charge in [-0.3, -0.25) is 4.79 Å². The average Bonchev–Trinajstić information content (AvgIpc) is 2.94. The van der Waals surface area contributed by atoms with Crippen molar-refractivity contribution in [3.05, 3.63) is 57.8 Å². The molecule has 6 heteroatoms. The Bertz CT molecular complexity index is 942. The van der Waals surface area contributed by atoms with Crippen molar-refractivity contribution >= 4 is 51.5 Å². The number of benzene rings is 2. The maximum absolute atomic E-state index is 12.7. The summed E-state index contributed by atoms with van der Waals surface area (Å²) in [5, 5.41) is 4.46. The Labute approximate surface area is 162 Å². The second-order valence-corrected chi connectivity index (χ2v) is 6.73. The number of carbonyl (C=O) groups excluding carboxylic acids is 1. The van der Waals surface area contributed by atoms with E-state index < -0.39 is 0 Å². The summed E-state index contributed by atoms with van der Waals surface area (Å²) in [5.41, 5.74) is 2.53. The Morgan fingerprint density at radius 3 is 2.31 bits per heavy atom. The van der Waals surface area contributed by atoms with Gasteiger partial charge in [0.15, 0.2) is 5.58 Å². The van der Waals surface area contributed by atoms with Crippen LogP contribution < -0.4 is 10.2 Å². The molecule has 0 unspecified atom stereocenters. The Balaban J connectivity index is 2.04.